The SMILES string of the molecule is Cc1cc(N)ccc1C(=O)C1CCCC1C. The van der Waals surface area contributed by atoms with E-state index < -0.39 is 0 Å². The zero-order valence-electron chi connectivity index (χ0n) is 9.99. The van der Waals surface area contributed by atoms with E-state index in [1.165, 1.54) is 12.8 Å². The summed E-state index contributed by atoms with van der Waals surface area (Å²) in [6.45, 7) is 4.14. The number of carbonyl (C=O) groups excluding carboxylic acids is 1. The van der Waals surface area contributed by atoms with Crippen molar-refractivity contribution in [2.45, 2.75) is 33.1 Å². The van der Waals surface area contributed by atoms with Gasteiger partial charge in [0.2, 0.25) is 0 Å². The third kappa shape index (κ3) is 1.97. The summed E-state index contributed by atoms with van der Waals surface area (Å²) >= 11 is 0. The lowest BCUT2D eigenvalue weighted by molar-refractivity contribution is 0.0896. The lowest BCUT2D eigenvalue weighted by Crippen LogP contribution is -2.18. The maximum absolute atomic E-state index is 12.3. The van der Waals surface area contributed by atoms with Crippen LogP contribution in [0.2, 0.25) is 0 Å². The van der Waals surface area contributed by atoms with Crippen molar-refractivity contribution in [3.8, 4) is 0 Å². The number of anilines is 1. The van der Waals surface area contributed by atoms with E-state index in [0.717, 1.165) is 23.2 Å². The van der Waals surface area contributed by atoms with Gasteiger partial charge in [-0.25, -0.2) is 0 Å². The number of carbonyl (C=O) groups is 1. The van der Waals surface area contributed by atoms with Crippen LogP contribution in [-0.2, 0) is 0 Å². The Kier molecular flexibility index (Phi) is 2.99. The van der Waals surface area contributed by atoms with Crippen molar-refractivity contribution in [3.05, 3.63) is 29.3 Å². The molecule has 86 valence electrons. The molecule has 2 atom stereocenters. The smallest absolute Gasteiger partial charge is 0.166 e. The predicted octanol–water partition coefficient (Wildman–Crippen LogP) is 3.20. The van der Waals surface area contributed by atoms with Crippen LogP contribution in [0, 0.1) is 18.8 Å². The maximum atomic E-state index is 12.3. The first-order chi connectivity index (χ1) is 7.59. The fourth-order valence-electron chi connectivity index (χ4n) is 2.70. The predicted molar refractivity (Wildman–Crippen MR) is 66.4 cm³/mol. The number of ketones is 1. The van der Waals surface area contributed by atoms with Crippen molar-refractivity contribution in [1.82, 2.24) is 0 Å². The van der Waals surface area contributed by atoms with Crippen molar-refractivity contribution in [1.29, 1.82) is 0 Å². The van der Waals surface area contributed by atoms with E-state index in [1.807, 2.05) is 25.1 Å². The normalized spacial score (nSPS) is 24.6. The molecule has 0 radical (unpaired) electrons. The first kappa shape index (κ1) is 11.2. The summed E-state index contributed by atoms with van der Waals surface area (Å²) in [6.07, 6.45) is 3.42. The Balaban J connectivity index is 2.27. The van der Waals surface area contributed by atoms with Crippen LogP contribution in [0.3, 0.4) is 0 Å². The van der Waals surface area contributed by atoms with Crippen LogP contribution < -0.4 is 5.73 Å². The lowest BCUT2D eigenvalue weighted by Gasteiger charge is -2.15. The monoisotopic (exact) mass is 217 g/mol. The van der Waals surface area contributed by atoms with Crippen molar-refractivity contribution >= 4 is 11.5 Å². The third-order valence-corrected chi connectivity index (χ3v) is 3.71. The third-order valence-electron chi connectivity index (χ3n) is 3.71. The molecular formula is C14H19NO. The van der Waals surface area contributed by atoms with Gasteiger partial charge in [-0.3, -0.25) is 4.79 Å². The summed E-state index contributed by atoms with van der Waals surface area (Å²) in [5.41, 5.74) is 8.29. The van der Waals surface area contributed by atoms with Crippen LogP contribution in [0.4, 0.5) is 5.69 Å². The Morgan fingerprint density at radius 3 is 2.69 bits per heavy atom. The molecule has 1 aliphatic rings. The number of rotatable bonds is 2. The molecule has 1 aromatic rings. The number of hydrogen-bond acceptors (Lipinski definition) is 2. The second kappa shape index (κ2) is 4.28. The maximum Gasteiger partial charge on any atom is 0.166 e. The number of nitrogen functional groups attached to an aromatic ring is 1. The van der Waals surface area contributed by atoms with Gasteiger partial charge in [0, 0.05) is 17.2 Å². The fraction of sp³-hybridized carbons (Fsp3) is 0.500. The van der Waals surface area contributed by atoms with E-state index in [0.29, 0.717) is 11.7 Å². The molecule has 2 rings (SSSR count). The van der Waals surface area contributed by atoms with Crippen molar-refractivity contribution < 1.29 is 4.79 Å². The summed E-state index contributed by atoms with van der Waals surface area (Å²) in [5, 5.41) is 0. The standard InChI is InChI=1S/C14H19NO/c1-9-4-3-5-12(9)14(16)13-7-6-11(15)8-10(13)2/h6-9,12H,3-5,15H2,1-2H3. The van der Waals surface area contributed by atoms with Crippen molar-refractivity contribution in [2.75, 3.05) is 5.73 Å². The van der Waals surface area contributed by atoms with E-state index in [9.17, 15) is 4.79 Å². The van der Waals surface area contributed by atoms with Gasteiger partial charge in [-0.1, -0.05) is 13.3 Å². The van der Waals surface area contributed by atoms with E-state index in [1.54, 1.807) is 0 Å². The highest BCUT2D eigenvalue weighted by Gasteiger charge is 2.30. The van der Waals surface area contributed by atoms with Crippen LogP contribution in [0.15, 0.2) is 18.2 Å². The van der Waals surface area contributed by atoms with Crippen molar-refractivity contribution in [2.24, 2.45) is 11.8 Å². The van der Waals surface area contributed by atoms with Gasteiger partial charge in [0.15, 0.2) is 5.78 Å². The first-order valence-corrected chi connectivity index (χ1v) is 6.00. The zero-order chi connectivity index (χ0) is 11.7. The van der Waals surface area contributed by atoms with Crippen LogP contribution in [0.25, 0.3) is 0 Å². The minimum Gasteiger partial charge on any atom is -0.399 e. The Morgan fingerprint density at radius 1 is 1.38 bits per heavy atom. The van der Waals surface area contributed by atoms with Crippen molar-refractivity contribution in [3.63, 3.8) is 0 Å². The Hall–Kier alpha value is -1.31. The number of nitrogens with two attached hydrogens (primary N) is 1. The fourth-order valence-corrected chi connectivity index (χ4v) is 2.70. The van der Waals surface area contributed by atoms with Gasteiger partial charge in [0.1, 0.15) is 0 Å². The van der Waals surface area contributed by atoms with Gasteiger partial charge < -0.3 is 5.73 Å². The van der Waals surface area contributed by atoms with E-state index in [4.69, 9.17) is 5.73 Å². The largest absolute Gasteiger partial charge is 0.399 e. The number of Topliss-reactive ketones (excluding diaryl/α,β-unsaturated/α-hetero) is 1. The topological polar surface area (TPSA) is 43.1 Å². The minimum atomic E-state index is 0.224. The van der Waals surface area contributed by atoms with E-state index in [-0.39, 0.29) is 5.92 Å². The Labute approximate surface area is 96.8 Å². The molecule has 0 saturated heterocycles. The molecule has 0 bridgehead atoms. The van der Waals surface area contributed by atoms with Crippen LogP contribution in [0.1, 0.15) is 42.1 Å². The number of aryl methyl sites for hydroxylation is 1. The molecular weight excluding hydrogens is 198 g/mol. The van der Waals surface area contributed by atoms with Crippen LogP contribution in [-0.4, -0.2) is 5.78 Å². The van der Waals surface area contributed by atoms with Gasteiger partial charge in [0.05, 0.1) is 0 Å². The molecule has 2 heteroatoms. The molecule has 0 aliphatic heterocycles. The molecule has 0 heterocycles. The van der Waals surface area contributed by atoms with Gasteiger partial charge in [0.25, 0.3) is 0 Å². The average Bonchev–Trinajstić information content (AvgIpc) is 2.63. The van der Waals surface area contributed by atoms with Gasteiger partial charge in [-0.05, 0) is 49.4 Å². The number of hydrogen-bond donors (Lipinski definition) is 1. The summed E-state index contributed by atoms with van der Waals surface area (Å²) in [6, 6.07) is 5.57. The van der Waals surface area contributed by atoms with Gasteiger partial charge in [-0.15, -0.1) is 0 Å². The highest BCUT2D eigenvalue weighted by molar-refractivity contribution is 5.99. The molecule has 0 aromatic heterocycles. The highest BCUT2D eigenvalue weighted by Crippen LogP contribution is 2.34. The minimum absolute atomic E-state index is 0.224. The zero-order valence-corrected chi connectivity index (χ0v) is 9.99. The molecule has 1 aromatic carbocycles. The lowest BCUT2D eigenvalue weighted by atomic mass is 9.88. The molecule has 1 saturated carbocycles. The average molecular weight is 217 g/mol. The van der Waals surface area contributed by atoms with Gasteiger partial charge >= 0.3 is 0 Å². The quantitative estimate of drug-likeness (QED) is 0.610. The first-order valence-electron chi connectivity index (χ1n) is 6.00. The molecule has 2 N–H and O–H groups in total. The molecule has 2 nitrogen and oxygen atoms in total. The second-order valence-electron chi connectivity index (χ2n) is 4.95. The molecule has 16 heavy (non-hydrogen) atoms. The molecule has 0 amide bonds. The van der Waals surface area contributed by atoms with Crippen LogP contribution in [0.5, 0.6) is 0 Å². The second-order valence-corrected chi connectivity index (χ2v) is 4.95. The summed E-state index contributed by atoms with van der Waals surface area (Å²) in [5.74, 6) is 1.06. The Bertz CT molecular complexity index is 411. The van der Waals surface area contributed by atoms with E-state index >= 15 is 0 Å². The number of benzene rings is 1. The molecule has 1 fully saturated rings. The van der Waals surface area contributed by atoms with Gasteiger partial charge in [-0.2, -0.15) is 0 Å². The van der Waals surface area contributed by atoms with Crippen LogP contribution >= 0.6 is 0 Å². The Morgan fingerprint density at radius 2 is 2.12 bits per heavy atom. The summed E-state index contributed by atoms with van der Waals surface area (Å²) in [4.78, 5) is 12.3. The molecule has 1 aliphatic carbocycles. The summed E-state index contributed by atoms with van der Waals surface area (Å²) < 4.78 is 0. The summed E-state index contributed by atoms with van der Waals surface area (Å²) in [7, 11) is 0. The van der Waals surface area contributed by atoms with E-state index in [2.05, 4.69) is 6.92 Å². The molecule has 2 unspecified atom stereocenters. The molecule has 0 spiro atoms. The highest BCUT2D eigenvalue weighted by atomic mass is 16.1.